The lowest BCUT2D eigenvalue weighted by atomic mass is 9.79. The molecular formula is C26H31N3O3S. The van der Waals surface area contributed by atoms with Crippen LogP contribution in [0.25, 0.3) is 0 Å². The molecule has 0 aliphatic heterocycles. The Kier molecular flexibility index (Phi) is 6.65. The van der Waals surface area contributed by atoms with E-state index in [1.807, 2.05) is 71.9 Å². The fourth-order valence-electron chi connectivity index (χ4n) is 3.35. The van der Waals surface area contributed by atoms with E-state index in [9.17, 15) is 13.5 Å². The van der Waals surface area contributed by atoms with Gasteiger partial charge in [-0.3, -0.25) is 4.72 Å². The van der Waals surface area contributed by atoms with E-state index in [4.69, 9.17) is 0 Å². The summed E-state index contributed by atoms with van der Waals surface area (Å²) < 4.78 is 28.8. The zero-order valence-corrected chi connectivity index (χ0v) is 20.7. The van der Waals surface area contributed by atoms with E-state index in [2.05, 4.69) is 15.0 Å². The second-order valence-corrected chi connectivity index (χ2v) is 11.7. The van der Waals surface area contributed by atoms with Crippen LogP contribution in [0.1, 0.15) is 52.7 Å². The van der Waals surface area contributed by atoms with Crippen LogP contribution in [0.15, 0.2) is 81.9 Å². The first-order chi connectivity index (χ1) is 15.3. The maximum Gasteiger partial charge on any atom is 0.261 e. The van der Waals surface area contributed by atoms with Crippen molar-refractivity contribution in [1.82, 2.24) is 0 Å². The van der Waals surface area contributed by atoms with E-state index >= 15 is 0 Å². The van der Waals surface area contributed by atoms with Crippen LogP contribution in [0.5, 0.6) is 5.75 Å². The number of phenolic OH excluding ortho intramolecular Hbond substituents is 1. The van der Waals surface area contributed by atoms with E-state index in [1.165, 1.54) is 12.1 Å². The number of phenols is 1. The van der Waals surface area contributed by atoms with Crippen molar-refractivity contribution in [1.29, 1.82) is 0 Å². The van der Waals surface area contributed by atoms with E-state index in [1.54, 1.807) is 24.3 Å². The van der Waals surface area contributed by atoms with Crippen LogP contribution >= 0.6 is 0 Å². The molecule has 0 heterocycles. The third kappa shape index (κ3) is 5.99. The Bertz CT molecular complexity index is 1220. The van der Waals surface area contributed by atoms with Crippen LogP contribution in [0, 0.1) is 0 Å². The van der Waals surface area contributed by atoms with Gasteiger partial charge in [0.25, 0.3) is 10.0 Å². The fourth-order valence-corrected chi connectivity index (χ4v) is 4.39. The topological polar surface area (TPSA) is 91.1 Å². The van der Waals surface area contributed by atoms with Gasteiger partial charge >= 0.3 is 0 Å². The molecule has 3 rings (SSSR count). The van der Waals surface area contributed by atoms with Crippen molar-refractivity contribution in [3.63, 3.8) is 0 Å². The molecule has 3 aromatic rings. The second kappa shape index (κ2) is 8.98. The summed E-state index contributed by atoms with van der Waals surface area (Å²) in [5.74, 6) is 0.200. The van der Waals surface area contributed by atoms with Crippen LogP contribution in [0.3, 0.4) is 0 Å². The van der Waals surface area contributed by atoms with Gasteiger partial charge in [0, 0.05) is 16.8 Å². The molecule has 174 valence electrons. The molecule has 0 atom stereocenters. The molecule has 0 amide bonds. The molecular weight excluding hydrogens is 434 g/mol. The number of nitrogens with one attached hydrogen (secondary N) is 1. The predicted octanol–water partition coefficient (Wildman–Crippen LogP) is 7.20. The first kappa shape index (κ1) is 24.5. The number of nitrogens with zero attached hydrogens (tertiary/aromatic N) is 2. The third-order valence-corrected chi connectivity index (χ3v) is 6.56. The molecule has 0 unspecified atom stereocenters. The lowest BCUT2D eigenvalue weighted by Crippen LogP contribution is -2.19. The van der Waals surface area contributed by atoms with Crippen molar-refractivity contribution in [3.8, 4) is 5.75 Å². The minimum absolute atomic E-state index is 0.115. The van der Waals surface area contributed by atoms with Gasteiger partial charge in [0.15, 0.2) is 0 Å². The van der Waals surface area contributed by atoms with Gasteiger partial charge in [-0.05, 0) is 59.4 Å². The van der Waals surface area contributed by atoms with Crippen molar-refractivity contribution >= 4 is 27.1 Å². The average Bonchev–Trinajstić information content (AvgIpc) is 2.72. The summed E-state index contributed by atoms with van der Waals surface area (Å²) in [5, 5.41) is 19.2. The molecule has 0 saturated carbocycles. The summed E-state index contributed by atoms with van der Waals surface area (Å²) in [4.78, 5) is 0.115. The number of sulfonamides is 1. The molecule has 0 radical (unpaired) electrons. The van der Waals surface area contributed by atoms with Gasteiger partial charge in [-0.15, -0.1) is 0 Å². The first-order valence-electron chi connectivity index (χ1n) is 10.7. The minimum atomic E-state index is -3.84. The predicted molar refractivity (Wildman–Crippen MR) is 133 cm³/mol. The number of aromatic hydroxyl groups is 1. The lowest BCUT2D eigenvalue weighted by Gasteiger charge is -2.28. The average molecular weight is 466 g/mol. The first-order valence-corrected chi connectivity index (χ1v) is 12.2. The molecule has 0 aromatic heterocycles. The highest BCUT2D eigenvalue weighted by atomic mass is 32.2. The SMILES string of the molecule is CC(C)(C)c1cc(NS(=O)(=O)c2ccc(N=Nc3ccccc3)cc2)cc(C(C)(C)C)c1O. The van der Waals surface area contributed by atoms with E-state index in [0.717, 1.165) is 0 Å². The van der Waals surface area contributed by atoms with Gasteiger partial charge in [0.05, 0.1) is 16.3 Å². The van der Waals surface area contributed by atoms with Crippen molar-refractivity contribution in [3.05, 3.63) is 77.9 Å². The standard InChI is InChI=1S/C26H31N3O3S/c1-25(2,3)22-16-20(17-23(24(22)30)26(4,5)6)29-33(31,32)21-14-12-19(13-15-21)28-27-18-10-8-7-9-11-18/h7-17,29-30H,1-6H3. The Hall–Kier alpha value is -3.19. The van der Waals surface area contributed by atoms with Crippen LogP contribution in [-0.2, 0) is 20.9 Å². The Morgan fingerprint density at radius 1 is 0.727 bits per heavy atom. The molecule has 33 heavy (non-hydrogen) atoms. The fraction of sp³-hybridized carbons (Fsp3) is 0.308. The molecule has 0 fully saturated rings. The highest BCUT2D eigenvalue weighted by Gasteiger charge is 2.27. The van der Waals surface area contributed by atoms with Crippen molar-refractivity contribution in [2.24, 2.45) is 10.2 Å². The summed E-state index contributed by atoms with van der Waals surface area (Å²) in [7, 11) is -3.84. The summed E-state index contributed by atoms with van der Waals surface area (Å²) in [6, 6.07) is 18.9. The van der Waals surface area contributed by atoms with Gasteiger partial charge in [-0.25, -0.2) is 8.42 Å². The quantitative estimate of drug-likeness (QED) is 0.308. The number of hydrogen-bond donors (Lipinski definition) is 2. The summed E-state index contributed by atoms with van der Waals surface area (Å²) >= 11 is 0. The van der Waals surface area contributed by atoms with Crippen molar-refractivity contribution in [2.75, 3.05) is 4.72 Å². The number of anilines is 1. The van der Waals surface area contributed by atoms with Gasteiger partial charge in [0.1, 0.15) is 5.75 Å². The Morgan fingerprint density at radius 3 is 1.64 bits per heavy atom. The summed E-state index contributed by atoms with van der Waals surface area (Å²) in [6.07, 6.45) is 0. The molecule has 0 saturated heterocycles. The molecule has 0 bridgehead atoms. The molecule has 0 spiro atoms. The Balaban J connectivity index is 1.91. The van der Waals surface area contributed by atoms with Crippen LogP contribution in [0.2, 0.25) is 0 Å². The zero-order valence-electron chi connectivity index (χ0n) is 19.9. The van der Waals surface area contributed by atoms with E-state index < -0.39 is 10.0 Å². The summed E-state index contributed by atoms with van der Waals surface area (Å²) in [5.41, 5.74) is 2.32. The van der Waals surface area contributed by atoms with E-state index in [0.29, 0.717) is 28.2 Å². The molecule has 2 N–H and O–H groups in total. The van der Waals surface area contributed by atoms with Crippen molar-refractivity contribution in [2.45, 2.75) is 57.3 Å². The zero-order chi connectivity index (χ0) is 24.4. The number of benzene rings is 3. The molecule has 0 aliphatic rings. The van der Waals surface area contributed by atoms with Crippen molar-refractivity contribution < 1.29 is 13.5 Å². The Morgan fingerprint density at radius 2 is 1.18 bits per heavy atom. The van der Waals surface area contributed by atoms with Crippen LogP contribution in [0.4, 0.5) is 17.1 Å². The smallest absolute Gasteiger partial charge is 0.261 e. The monoisotopic (exact) mass is 465 g/mol. The van der Waals surface area contributed by atoms with Gasteiger partial charge in [0.2, 0.25) is 0 Å². The third-order valence-electron chi connectivity index (χ3n) is 5.16. The lowest BCUT2D eigenvalue weighted by molar-refractivity contribution is 0.423. The van der Waals surface area contributed by atoms with Gasteiger partial charge in [-0.2, -0.15) is 10.2 Å². The van der Waals surface area contributed by atoms with Crippen LogP contribution in [-0.4, -0.2) is 13.5 Å². The largest absolute Gasteiger partial charge is 0.507 e. The van der Waals surface area contributed by atoms with Gasteiger partial charge in [-0.1, -0.05) is 59.7 Å². The van der Waals surface area contributed by atoms with E-state index in [-0.39, 0.29) is 21.5 Å². The number of hydrogen-bond acceptors (Lipinski definition) is 5. The number of azo groups is 1. The maximum atomic E-state index is 13.1. The molecule has 3 aromatic carbocycles. The number of rotatable bonds is 5. The van der Waals surface area contributed by atoms with Crippen LogP contribution < -0.4 is 4.72 Å². The molecule has 0 aliphatic carbocycles. The highest BCUT2D eigenvalue weighted by molar-refractivity contribution is 7.92. The normalized spacial score (nSPS) is 12.8. The van der Waals surface area contributed by atoms with Gasteiger partial charge < -0.3 is 5.11 Å². The molecule has 6 nitrogen and oxygen atoms in total. The molecule has 7 heteroatoms. The highest BCUT2D eigenvalue weighted by Crippen LogP contribution is 2.41. The Labute approximate surface area is 196 Å². The maximum absolute atomic E-state index is 13.1. The minimum Gasteiger partial charge on any atom is -0.507 e. The second-order valence-electron chi connectivity index (χ2n) is 10.1. The summed E-state index contributed by atoms with van der Waals surface area (Å²) in [6.45, 7) is 11.9.